The first kappa shape index (κ1) is 18.9. The van der Waals surface area contributed by atoms with E-state index >= 15 is 0 Å². The van der Waals surface area contributed by atoms with Crippen molar-refractivity contribution in [3.8, 4) is 21.6 Å². The Kier molecular flexibility index (Phi) is 5.37. The van der Waals surface area contributed by atoms with Crippen molar-refractivity contribution in [2.75, 3.05) is 4.72 Å². The molecule has 3 aromatic rings. The van der Waals surface area contributed by atoms with E-state index in [0.717, 1.165) is 16.0 Å². The molecular weight excluding hydrogens is 393 g/mol. The van der Waals surface area contributed by atoms with Gasteiger partial charge in [0, 0.05) is 10.6 Å². The van der Waals surface area contributed by atoms with Gasteiger partial charge in [0.05, 0.1) is 15.8 Å². The Morgan fingerprint density at radius 2 is 1.69 bits per heavy atom. The fraction of sp³-hybridized carbons (Fsp3) is 0.158. The van der Waals surface area contributed by atoms with Crippen molar-refractivity contribution < 1.29 is 12.8 Å². The predicted octanol–water partition coefficient (Wildman–Crippen LogP) is 6.02. The third-order valence-electron chi connectivity index (χ3n) is 3.93. The Bertz CT molecular complexity index is 1030. The van der Waals surface area contributed by atoms with Gasteiger partial charge in [-0.25, -0.2) is 12.8 Å². The quantitative estimate of drug-likeness (QED) is 0.559. The van der Waals surface area contributed by atoms with E-state index in [1.54, 1.807) is 32.0 Å². The first-order chi connectivity index (χ1) is 12.3. The lowest BCUT2D eigenvalue weighted by Crippen LogP contribution is -2.22. The van der Waals surface area contributed by atoms with Gasteiger partial charge in [-0.15, -0.1) is 11.3 Å². The summed E-state index contributed by atoms with van der Waals surface area (Å²) < 4.78 is 41.0. The van der Waals surface area contributed by atoms with E-state index in [0.29, 0.717) is 16.3 Å². The molecule has 0 unspecified atom stereocenters. The number of thiophene rings is 1. The number of anilines is 1. The van der Waals surface area contributed by atoms with Crippen molar-refractivity contribution in [2.45, 2.75) is 19.1 Å². The van der Waals surface area contributed by atoms with Gasteiger partial charge in [-0.2, -0.15) is 0 Å². The zero-order chi connectivity index (χ0) is 18.9. The molecule has 0 aliphatic rings. The van der Waals surface area contributed by atoms with Crippen molar-refractivity contribution in [3.63, 3.8) is 0 Å². The lowest BCUT2D eigenvalue weighted by molar-refractivity contribution is 0.593. The van der Waals surface area contributed by atoms with Crippen molar-refractivity contribution in [3.05, 3.63) is 64.8 Å². The number of sulfonamides is 1. The Balaban J connectivity index is 1.92. The van der Waals surface area contributed by atoms with Gasteiger partial charge in [0.1, 0.15) is 5.82 Å². The first-order valence-electron chi connectivity index (χ1n) is 7.93. The third kappa shape index (κ3) is 3.92. The molecule has 0 saturated heterocycles. The summed E-state index contributed by atoms with van der Waals surface area (Å²) in [6.45, 7) is 3.26. The second-order valence-electron chi connectivity index (χ2n) is 6.06. The molecule has 1 heterocycles. The summed E-state index contributed by atoms with van der Waals surface area (Å²) in [7, 11) is -3.42. The molecule has 0 radical (unpaired) electrons. The van der Waals surface area contributed by atoms with E-state index in [2.05, 4.69) is 4.72 Å². The molecule has 3 rings (SSSR count). The van der Waals surface area contributed by atoms with Gasteiger partial charge in [0.2, 0.25) is 10.0 Å². The summed E-state index contributed by atoms with van der Waals surface area (Å²) in [6, 6.07) is 13.6. The minimum Gasteiger partial charge on any atom is -0.282 e. The molecule has 1 N–H and O–H groups in total. The molecule has 26 heavy (non-hydrogen) atoms. The molecule has 0 saturated carbocycles. The Morgan fingerprint density at radius 1 is 1.04 bits per heavy atom. The number of benzene rings is 2. The highest BCUT2D eigenvalue weighted by Crippen LogP contribution is 2.36. The first-order valence-corrected chi connectivity index (χ1v) is 10.7. The minimum absolute atomic E-state index is 0.350. The summed E-state index contributed by atoms with van der Waals surface area (Å²) >= 11 is 7.24. The van der Waals surface area contributed by atoms with Gasteiger partial charge in [-0.3, -0.25) is 4.72 Å². The van der Waals surface area contributed by atoms with Gasteiger partial charge in [0.15, 0.2) is 0 Å². The summed E-state index contributed by atoms with van der Waals surface area (Å²) in [6.07, 6.45) is 0. The monoisotopic (exact) mass is 409 g/mol. The molecule has 0 aliphatic heterocycles. The Hall–Kier alpha value is -1.89. The highest BCUT2D eigenvalue weighted by molar-refractivity contribution is 7.93. The highest BCUT2D eigenvalue weighted by atomic mass is 35.5. The van der Waals surface area contributed by atoms with E-state index in [1.807, 2.05) is 29.6 Å². The van der Waals surface area contributed by atoms with Gasteiger partial charge in [-0.05, 0) is 54.6 Å². The van der Waals surface area contributed by atoms with E-state index < -0.39 is 15.3 Å². The molecule has 0 spiro atoms. The smallest absolute Gasteiger partial charge is 0.235 e. The fourth-order valence-corrected chi connectivity index (χ4v) is 4.20. The molecule has 0 aliphatic carbocycles. The summed E-state index contributed by atoms with van der Waals surface area (Å²) in [5.41, 5.74) is 2.60. The maximum absolute atomic E-state index is 14.1. The number of halogens is 2. The zero-order valence-corrected chi connectivity index (χ0v) is 16.6. The van der Waals surface area contributed by atoms with E-state index in [9.17, 15) is 12.8 Å². The lowest BCUT2D eigenvalue weighted by atomic mass is 10.0. The Labute approximate surface area is 161 Å². The van der Waals surface area contributed by atoms with Gasteiger partial charge < -0.3 is 0 Å². The number of nitrogens with one attached hydrogen (secondary N) is 1. The second kappa shape index (κ2) is 7.39. The van der Waals surface area contributed by atoms with Crippen LogP contribution in [0.5, 0.6) is 0 Å². The molecule has 0 bridgehead atoms. The highest BCUT2D eigenvalue weighted by Gasteiger charge is 2.18. The summed E-state index contributed by atoms with van der Waals surface area (Å²) in [5, 5.41) is 1.66. The molecule has 7 heteroatoms. The van der Waals surface area contributed by atoms with Crippen LogP contribution in [0.3, 0.4) is 0 Å². The largest absolute Gasteiger partial charge is 0.282 e. The van der Waals surface area contributed by atoms with Crippen LogP contribution in [0.4, 0.5) is 10.1 Å². The molecule has 0 amide bonds. The van der Waals surface area contributed by atoms with E-state index in [-0.39, 0.29) is 5.82 Å². The van der Waals surface area contributed by atoms with Crippen molar-refractivity contribution in [1.82, 2.24) is 0 Å². The zero-order valence-electron chi connectivity index (χ0n) is 14.2. The van der Waals surface area contributed by atoms with Crippen LogP contribution in [0.15, 0.2) is 53.9 Å². The van der Waals surface area contributed by atoms with Crippen LogP contribution in [0.2, 0.25) is 5.02 Å². The van der Waals surface area contributed by atoms with Crippen LogP contribution in [-0.4, -0.2) is 13.7 Å². The van der Waals surface area contributed by atoms with Crippen LogP contribution in [0.1, 0.15) is 13.8 Å². The maximum Gasteiger partial charge on any atom is 0.235 e. The topological polar surface area (TPSA) is 46.2 Å². The molecule has 136 valence electrons. The van der Waals surface area contributed by atoms with Gasteiger partial charge in [0.25, 0.3) is 0 Å². The normalized spacial score (nSPS) is 11.7. The summed E-state index contributed by atoms with van der Waals surface area (Å²) in [4.78, 5) is 0.817. The van der Waals surface area contributed by atoms with E-state index in [4.69, 9.17) is 11.6 Å². The molecule has 2 aromatic carbocycles. The molecule has 3 nitrogen and oxygen atoms in total. The van der Waals surface area contributed by atoms with Crippen LogP contribution in [-0.2, 0) is 10.0 Å². The SMILES string of the molecule is CC(C)S(=O)(=O)Nc1ccsc1-c1ccc(-c2ccc(Cl)cc2F)cc1. The van der Waals surface area contributed by atoms with E-state index in [1.165, 1.54) is 17.4 Å². The molecule has 0 atom stereocenters. The second-order valence-corrected chi connectivity index (χ2v) is 9.65. The number of hydrogen-bond donors (Lipinski definition) is 1. The number of rotatable bonds is 5. The fourth-order valence-electron chi connectivity index (χ4n) is 2.41. The van der Waals surface area contributed by atoms with Gasteiger partial charge in [-0.1, -0.05) is 35.9 Å². The molecular formula is C19H17ClFNO2S2. The Morgan fingerprint density at radius 3 is 2.31 bits per heavy atom. The van der Waals surface area contributed by atoms with Crippen molar-refractivity contribution in [2.24, 2.45) is 0 Å². The number of hydrogen-bond acceptors (Lipinski definition) is 3. The maximum atomic E-state index is 14.1. The van der Waals surface area contributed by atoms with Crippen LogP contribution in [0.25, 0.3) is 21.6 Å². The van der Waals surface area contributed by atoms with Crippen LogP contribution in [0, 0.1) is 5.82 Å². The minimum atomic E-state index is -3.42. The lowest BCUT2D eigenvalue weighted by Gasteiger charge is -2.12. The molecule has 1 aromatic heterocycles. The average Bonchev–Trinajstić information content (AvgIpc) is 3.02. The molecule has 0 fully saturated rings. The standard InChI is InChI=1S/C19H17ClFNO2S2/c1-12(2)26(23,24)22-18-9-10-25-19(18)14-5-3-13(4-6-14)16-8-7-15(20)11-17(16)21/h3-12,22H,1-2H3. The van der Waals surface area contributed by atoms with Crippen LogP contribution < -0.4 is 4.72 Å². The van der Waals surface area contributed by atoms with Crippen molar-refractivity contribution >= 4 is 38.6 Å². The predicted molar refractivity (Wildman–Crippen MR) is 108 cm³/mol. The summed E-state index contributed by atoms with van der Waals surface area (Å²) in [5.74, 6) is -0.383. The third-order valence-corrected chi connectivity index (χ3v) is 6.87. The van der Waals surface area contributed by atoms with Gasteiger partial charge >= 0.3 is 0 Å². The van der Waals surface area contributed by atoms with Crippen molar-refractivity contribution in [1.29, 1.82) is 0 Å². The average molecular weight is 410 g/mol. The van der Waals surface area contributed by atoms with Crippen LogP contribution >= 0.6 is 22.9 Å².